The molecular weight excluding hydrogens is 239 g/mol. The highest BCUT2D eigenvalue weighted by Gasteiger charge is 2.32. The highest BCUT2D eigenvalue weighted by Crippen LogP contribution is 2.23. The van der Waals surface area contributed by atoms with E-state index in [-0.39, 0.29) is 11.3 Å². The summed E-state index contributed by atoms with van der Waals surface area (Å²) in [5, 5.41) is 0. The monoisotopic (exact) mass is 254 g/mol. The van der Waals surface area contributed by atoms with E-state index in [4.69, 9.17) is 9.47 Å². The predicted octanol–water partition coefficient (Wildman–Crippen LogP) is 2.36. The number of benzene rings is 1. The van der Waals surface area contributed by atoms with E-state index in [1.54, 1.807) is 0 Å². The van der Waals surface area contributed by atoms with Gasteiger partial charge in [0.05, 0.1) is 7.11 Å². The molecule has 0 saturated heterocycles. The van der Waals surface area contributed by atoms with Crippen LogP contribution in [0.15, 0.2) is 18.2 Å². The van der Waals surface area contributed by atoms with Crippen molar-refractivity contribution in [1.82, 2.24) is 0 Å². The fraction of sp³-hybridized carbons (Fsp3) is 0.385. The number of methoxy groups -OCH3 is 1. The number of hydrogen-bond donors (Lipinski definition) is 0. The van der Waals surface area contributed by atoms with Gasteiger partial charge in [-0.25, -0.2) is 4.39 Å². The summed E-state index contributed by atoms with van der Waals surface area (Å²) in [7, 11) is 1.31. The smallest absolute Gasteiger partial charge is 0.303 e. The summed E-state index contributed by atoms with van der Waals surface area (Å²) >= 11 is 0. The molecule has 0 aliphatic carbocycles. The molecule has 0 saturated carbocycles. The first-order chi connectivity index (χ1) is 8.27. The minimum Gasteiger partial charge on any atom is -0.494 e. The van der Waals surface area contributed by atoms with Crippen LogP contribution in [-0.4, -0.2) is 24.5 Å². The Hall–Kier alpha value is -1.91. The quantitative estimate of drug-likeness (QED) is 0.611. The minimum absolute atomic E-state index is 0.0283. The zero-order valence-corrected chi connectivity index (χ0v) is 10.7. The Balaban J connectivity index is 3.07. The van der Waals surface area contributed by atoms with E-state index in [0.29, 0.717) is 0 Å². The number of carbonyl (C=O) groups is 2. The lowest BCUT2D eigenvalue weighted by Gasteiger charge is -2.23. The van der Waals surface area contributed by atoms with Crippen LogP contribution in [0.4, 0.5) is 4.39 Å². The van der Waals surface area contributed by atoms with Gasteiger partial charge in [-0.2, -0.15) is 0 Å². The summed E-state index contributed by atoms with van der Waals surface area (Å²) in [6.45, 7) is 4.18. The van der Waals surface area contributed by atoms with Crippen molar-refractivity contribution in [2.24, 2.45) is 0 Å². The Bertz CT molecular complexity index is 480. The molecule has 4 nitrogen and oxygen atoms in total. The Morgan fingerprint density at radius 1 is 1.28 bits per heavy atom. The summed E-state index contributed by atoms with van der Waals surface area (Å²) in [5.74, 6) is -1.56. The van der Waals surface area contributed by atoms with Crippen LogP contribution in [0.2, 0.25) is 0 Å². The Morgan fingerprint density at radius 2 is 1.89 bits per heavy atom. The second-order valence-corrected chi connectivity index (χ2v) is 4.28. The molecule has 18 heavy (non-hydrogen) atoms. The lowest BCUT2D eigenvalue weighted by molar-refractivity contribution is -0.149. The van der Waals surface area contributed by atoms with Gasteiger partial charge >= 0.3 is 5.97 Å². The molecule has 0 spiro atoms. The largest absolute Gasteiger partial charge is 0.494 e. The number of rotatable bonds is 4. The van der Waals surface area contributed by atoms with Crippen molar-refractivity contribution in [3.05, 3.63) is 29.6 Å². The SMILES string of the molecule is COc1cc(C(=O)C(C)(C)OC(C)=O)ccc1F. The number of ketones is 1. The summed E-state index contributed by atoms with van der Waals surface area (Å²) in [6.07, 6.45) is 0. The summed E-state index contributed by atoms with van der Waals surface area (Å²) in [4.78, 5) is 23.0. The van der Waals surface area contributed by atoms with Crippen LogP contribution < -0.4 is 4.74 Å². The maximum Gasteiger partial charge on any atom is 0.303 e. The second-order valence-electron chi connectivity index (χ2n) is 4.28. The topological polar surface area (TPSA) is 52.6 Å². The lowest BCUT2D eigenvalue weighted by Crippen LogP contribution is -2.36. The van der Waals surface area contributed by atoms with E-state index in [0.717, 1.165) is 6.07 Å². The molecule has 0 fully saturated rings. The normalized spacial score (nSPS) is 10.9. The molecule has 0 bridgehead atoms. The Kier molecular flexibility index (Phi) is 4.06. The molecule has 5 heteroatoms. The molecule has 0 aromatic heterocycles. The van der Waals surface area contributed by atoms with Crippen molar-refractivity contribution in [1.29, 1.82) is 0 Å². The molecule has 0 radical (unpaired) electrons. The van der Waals surface area contributed by atoms with Gasteiger partial charge in [0, 0.05) is 12.5 Å². The standard InChI is InChI=1S/C13H15FO4/c1-8(15)18-13(2,3)12(16)9-5-6-10(14)11(7-9)17-4/h5-7H,1-4H3. The maximum absolute atomic E-state index is 13.2. The van der Waals surface area contributed by atoms with E-state index in [9.17, 15) is 14.0 Å². The van der Waals surface area contributed by atoms with Gasteiger partial charge in [0.15, 0.2) is 17.2 Å². The minimum atomic E-state index is -1.30. The molecule has 1 aromatic rings. The van der Waals surface area contributed by atoms with Gasteiger partial charge in [0.2, 0.25) is 5.78 Å². The average Bonchev–Trinajstić information content (AvgIpc) is 2.27. The van der Waals surface area contributed by atoms with Crippen LogP contribution >= 0.6 is 0 Å². The van der Waals surface area contributed by atoms with Crippen molar-refractivity contribution in [3.63, 3.8) is 0 Å². The van der Waals surface area contributed by atoms with Crippen LogP contribution in [0, 0.1) is 5.82 Å². The van der Waals surface area contributed by atoms with E-state index in [1.807, 2.05) is 0 Å². The fourth-order valence-corrected chi connectivity index (χ4v) is 1.55. The van der Waals surface area contributed by atoms with Crippen LogP contribution in [0.25, 0.3) is 0 Å². The fourth-order valence-electron chi connectivity index (χ4n) is 1.55. The molecule has 0 atom stereocenters. The first-order valence-corrected chi connectivity index (χ1v) is 5.36. The van der Waals surface area contributed by atoms with Gasteiger partial charge in [-0.15, -0.1) is 0 Å². The number of hydrogen-bond acceptors (Lipinski definition) is 4. The highest BCUT2D eigenvalue weighted by atomic mass is 19.1. The van der Waals surface area contributed by atoms with Gasteiger partial charge in [-0.05, 0) is 32.0 Å². The number of carbonyl (C=O) groups excluding carboxylic acids is 2. The third kappa shape index (κ3) is 3.06. The molecule has 1 aromatic carbocycles. The second kappa shape index (κ2) is 5.16. The van der Waals surface area contributed by atoms with Crippen LogP contribution in [0.3, 0.4) is 0 Å². The van der Waals surface area contributed by atoms with E-state index in [2.05, 4.69) is 0 Å². The first kappa shape index (κ1) is 14.2. The number of esters is 1. The van der Waals surface area contributed by atoms with Crippen molar-refractivity contribution < 1.29 is 23.5 Å². The van der Waals surface area contributed by atoms with Gasteiger partial charge in [0.25, 0.3) is 0 Å². The van der Waals surface area contributed by atoms with E-state index >= 15 is 0 Å². The molecule has 0 aliphatic heterocycles. The molecule has 98 valence electrons. The van der Waals surface area contributed by atoms with Crippen LogP contribution in [0.1, 0.15) is 31.1 Å². The van der Waals surface area contributed by atoms with Crippen molar-refractivity contribution in [3.8, 4) is 5.75 Å². The third-order valence-corrected chi connectivity index (χ3v) is 2.36. The lowest BCUT2D eigenvalue weighted by atomic mass is 9.96. The van der Waals surface area contributed by atoms with Gasteiger partial charge < -0.3 is 9.47 Å². The summed E-state index contributed by atoms with van der Waals surface area (Å²) in [5.41, 5.74) is -1.08. The molecular formula is C13H15FO4. The summed E-state index contributed by atoms with van der Waals surface area (Å²) in [6, 6.07) is 3.74. The van der Waals surface area contributed by atoms with Crippen LogP contribution in [-0.2, 0) is 9.53 Å². The molecule has 1 rings (SSSR count). The van der Waals surface area contributed by atoms with E-state index in [1.165, 1.54) is 40.0 Å². The zero-order valence-electron chi connectivity index (χ0n) is 10.7. The number of halogens is 1. The predicted molar refractivity (Wildman–Crippen MR) is 63.1 cm³/mol. The molecule has 0 amide bonds. The Labute approximate surface area is 105 Å². The number of Topliss-reactive ketones (excluding diaryl/α,β-unsaturated/α-hetero) is 1. The third-order valence-electron chi connectivity index (χ3n) is 2.36. The molecule has 0 heterocycles. The van der Waals surface area contributed by atoms with Crippen molar-refractivity contribution in [2.75, 3.05) is 7.11 Å². The maximum atomic E-state index is 13.2. The van der Waals surface area contributed by atoms with E-state index < -0.39 is 23.2 Å². The van der Waals surface area contributed by atoms with Gasteiger partial charge in [-0.3, -0.25) is 9.59 Å². The van der Waals surface area contributed by atoms with Crippen molar-refractivity contribution >= 4 is 11.8 Å². The molecule has 0 unspecified atom stereocenters. The van der Waals surface area contributed by atoms with Crippen LogP contribution in [0.5, 0.6) is 5.75 Å². The highest BCUT2D eigenvalue weighted by molar-refractivity contribution is 6.03. The summed E-state index contributed by atoms with van der Waals surface area (Å²) < 4.78 is 22.9. The van der Waals surface area contributed by atoms with Gasteiger partial charge in [0.1, 0.15) is 0 Å². The Morgan fingerprint density at radius 3 is 2.39 bits per heavy atom. The first-order valence-electron chi connectivity index (χ1n) is 5.36. The molecule has 0 aliphatic rings. The van der Waals surface area contributed by atoms with Crippen molar-refractivity contribution in [2.45, 2.75) is 26.4 Å². The average molecular weight is 254 g/mol. The van der Waals surface area contributed by atoms with Gasteiger partial charge in [-0.1, -0.05) is 0 Å². The zero-order chi connectivity index (χ0) is 13.9. The molecule has 0 N–H and O–H groups in total. The number of ether oxygens (including phenoxy) is 2.